The van der Waals surface area contributed by atoms with Crippen molar-refractivity contribution in [1.29, 1.82) is 0 Å². The molecule has 0 bridgehead atoms. The molecule has 0 atom stereocenters. The summed E-state index contributed by atoms with van der Waals surface area (Å²) in [4.78, 5) is 4.69. The number of aryl methyl sites for hydroxylation is 2. The van der Waals surface area contributed by atoms with Crippen LogP contribution in [0, 0.1) is 13.8 Å². The Balaban J connectivity index is 1.81. The predicted octanol–water partition coefficient (Wildman–Crippen LogP) is 5.85. The van der Waals surface area contributed by atoms with Crippen molar-refractivity contribution in [2.75, 3.05) is 26.9 Å². The minimum Gasteiger partial charge on any atom is -0.493 e. The first-order chi connectivity index (χ1) is 14.0. The van der Waals surface area contributed by atoms with E-state index in [9.17, 15) is 0 Å². The van der Waals surface area contributed by atoms with Crippen LogP contribution in [-0.2, 0) is 4.84 Å². The number of rotatable bonds is 11. The zero-order chi connectivity index (χ0) is 21.1. The molecule has 0 aromatic heterocycles. The largest absolute Gasteiger partial charge is 0.493 e. The molecular formula is C23H28BrNO4. The van der Waals surface area contributed by atoms with Crippen molar-refractivity contribution >= 4 is 22.1 Å². The molecule has 0 fully saturated rings. The number of nitrogens with zero attached hydrogens (tertiary/aromatic N) is 1. The van der Waals surface area contributed by atoms with Gasteiger partial charge in [0.2, 0.25) is 0 Å². The van der Waals surface area contributed by atoms with Crippen molar-refractivity contribution in [3.63, 3.8) is 0 Å². The highest BCUT2D eigenvalue weighted by molar-refractivity contribution is 9.10. The van der Waals surface area contributed by atoms with E-state index in [2.05, 4.69) is 25.9 Å². The van der Waals surface area contributed by atoms with Crippen molar-refractivity contribution in [3.8, 4) is 17.2 Å². The third-order valence-corrected chi connectivity index (χ3v) is 4.69. The van der Waals surface area contributed by atoms with Gasteiger partial charge < -0.3 is 19.0 Å². The van der Waals surface area contributed by atoms with Gasteiger partial charge in [-0.25, -0.2) is 0 Å². The highest BCUT2D eigenvalue weighted by Crippen LogP contribution is 2.29. The molecular weight excluding hydrogens is 434 g/mol. The van der Waals surface area contributed by atoms with E-state index < -0.39 is 0 Å². The van der Waals surface area contributed by atoms with E-state index in [1.165, 1.54) is 7.11 Å². The third kappa shape index (κ3) is 7.46. The average molecular weight is 462 g/mol. The summed E-state index contributed by atoms with van der Waals surface area (Å²) in [6, 6.07) is 9.78. The van der Waals surface area contributed by atoms with Gasteiger partial charge in [0.25, 0.3) is 0 Å². The molecule has 0 N–H and O–H groups in total. The number of hydrogen-bond donors (Lipinski definition) is 0. The van der Waals surface area contributed by atoms with Gasteiger partial charge in [0.1, 0.15) is 31.0 Å². The minimum absolute atomic E-state index is 0.562. The van der Waals surface area contributed by atoms with Crippen LogP contribution in [-0.4, -0.2) is 33.1 Å². The lowest BCUT2D eigenvalue weighted by Gasteiger charge is -2.15. The van der Waals surface area contributed by atoms with Crippen LogP contribution in [0.25, 0.3) is 0 Å². The number of halogens is 1. The molecule has 2 rings (SSSR count). The van der Waals surface area contributed by atoms with Gasteiger partial charge in [-0.3, -0.25) is 0 Å². The molecule has 29 heavy (non-hydrogen) atoms. The molecule has 156 valence electrons. The van der Waals surface area contributed by atoms with Gasteiger partial charge in [-0.15, -0.1) is 0 Å². The zero-order valence-corrected chi connectivity index (χ0v) is 19.0. The maximum absolute atomic E-state index is 5.99. The zero-order valence-electron chi connectivity index (χ0n) is 17.4. The Morgan fingerprint density at radius 3 is 2.38 bits per heavy atom. The van der Waals surface area contributed by atoms with Crippen LogP contribution < -0.4 is 14.2 Å². The van der Waals surface area contributed by atoms with Crippen molar-refractivity contribution in [2.24, 2.45) is 5.16 Å². The molecule has 0 aliphatic heterocycles. The van der Waals surface area contributed by atoms with Gasteiger partial charge in [0.15, 0.2) is 0 Å². The molecule has 0 aliphatic carbocycles. The smallest absolute Gasteiger partial charge is 0.133 e. The van der Waals surface area contributed by atoms with Gasteiger partial charge in [0, 0.05) is 6.42 Å². The van der Waals surface area contributed by atoms with Crippen molar-refractivity contribution in [3.05, 3.63) is 63.6 Å². The normalized spacial score (nSPS) is 11.2. The number of benzene rings is 2. The fourth-order valence-electron chi connectivity index (χ4n) is 2.71. The summed E-state index contributed by atoms with van der Waals surface area (Å²) >= 11 is 3.52. The second-order valence-electron chi connectivity index (χ2n) is 6.42. The van der Waals surface area contributed by atoms with E-state index in [0.29, 0.717) is 19.8 Å². The van der Waals surface area contributed by atoms with Gasteiger partial charge in [-0.1, -0.05) is 17.3 Å². The first-order valence-electron chi connectivity index (χ1n) is 9.52. The SMILES string of the molecule is C/C=C/COc1cc(C)c(OCCCOc2ccc(/C=N/OC)cc2Br)c(C)c1. The standard InChI is InChI=1S/C23H28BrNO4/c1-5-6-10-27-20-13-17(2)23(18(3)14-20)29-12-7-11-28-22-9-8-19(15-21(22)24)16-25-26-4/h5-6,8-9,13-16H,7,10-12H2,1-4H3/b6-5+,25-16+. The van der Waals surface area contributed by atoms with E-state index in [-0.39, 0.29) is 0 Å². The van der Waals surface area contributed by atoms with E-state index in [4.69, 9.17) is 14.2 Å². The fourth-order valence-corrected chi connectivity index (χ4v) is 3.22. The number of hydrogen-bond acceptors (Lipinski definition) is 5. The summed E-state index contributed by atoms with van der Waals surface area (Å²) in [7, 11) is 1.52. The number of ether oxygens (including phenoxy) is 3. The highest BCUT2D eigenvalue weighted by atomic mass is 79.9. The second-order valence-corrected chi connectivity index (χ2v) is 7.28. The molecule has 5 nitrogen and oxygen atoms in total. The fraction of sp³-hybridized carbons (Fsp3) is 0.348. The molecule has 0 radical (unpaired) electrons. The van der Waals surface area contributed by atoms with Crippen molar-refractivity contribution < 1.29 is 19.0 Å². The highest BCUT2D eigenvalue weighted by Gasteiger charge is 2.08. The number of oxime groups is 1. The van der Waals surface area contributed by atoms with Crippen LogP contribution in [0.5, 0.6) is 17.2 Å². The molecule has 0 unspecified atom stereocenters. The van der Waals surface area contributed by atoms with E-state index in [0.717, 1.165) is 44.8 Å². The molecule has 0 saturated carbocycles. The quantitative estimate of drug-likeness (QED) is 0.182. The summed E-state index contributed by atoms with van der Waals surface area (Å²) in [5.74, 6) is 2.55. The van der Waals surface area contributed by atoms with Crippen molar-refractivity contribution in [2.45, 2.75) is 27.2 Å². The molecule has 0 amide bonds. The summed E-state index contributed by atoms with van der Waals surface area (Å²) < 4.78 is 18.4. The van der Waals surface area contributed by atoms with Gasteiger partial charge in [0.05, 0.1) is 23.9 Å². The van der Waals surface area contributed by atoms with Crippen LogP contribution in [0.3, 0.4) is 0 Å². The lowest BCUT2D eigenvalue weighted by atomic mass is 10.1. The molecule has 0 spiro atoms. The summed E-state index contributed by atoms with van der Waals surface area (Å²) in [5.41, 5.74) is 3.06. The van der Waals surface area contributed by atoms with Crippen LogP contribution in [0.1, 0.15) is 30.0 Å². The van der Waals surface area contributed by atoms with E-state index >= 15 is 0 Å². The van der Waals surface area contributed by atoms with Gasteiger partial charge >= 0.3 is 0 Å². The van der Waals surface area contributed by atoms with Crippen LogP contribution >= 0.6 is 15.9 Å². The van der Waals surface area contributed by atoms with Gasteiger partial charge in [-0.05, 0) is 83.7 Å². The average Bonchev–Trinajstić information content (AvgIpc) is 2.69. The molecule has 2 aromatic rings. The Morgan fingerprint density at radius 1 is 1.00 bits per heavy atom. The van der Waals surface area contributed by atoms with Crippen molar-refractivity contribution in [1.82, 2.24) is 0 Å². The van der Waals surface area contributed by atoms with Crippen LogP contribution in [0.2, 0.25) is 0 Å². The maximum atomic E-state index is 5.99. The molecule has 0 heterocycles. The Morgan fingerprint density at radius 2 is 1.72 bits per heavy atom. The Bertz CT molecular complexity index is 826. The Labute approximate surface area is 181 Å². The molecule has 6 heteroatoms. The van der Waals surface area contributed by atoms with Crippen LogP contribution in [0.4, 0.5) is 0 Å². The van der Waals surface area contributed by atoms with Gasteiger partial charge in [-0.2, -0.15) is 0 Å². The first kappa shape index (κ1) is 22.8. The molecule has 0 aliphatic rings. The number of allylic oxidation sites excluding steroid dienone is 1. The van der Waals surface area contributed by atoms with E-state index in [1.54, 1.807) is 6.21 Å². The maximum Gasteiger partial charge on any atom is 0.133 e. The first-order valence-corrected chi connectivity index (χ1v) is 10.3. The van der Waals surface area contributed by atoms with E-state index in [1.807, 2.05) is 63.3 Å². The second kappa shape index (κ2) is 12.2. The lowest BCUT2D eigenvalue weighted by molar-refractivity contribution is 0.215. The predicted molar refractivity (Wildman–Crippen MR) is 121 cm³/mol. The molecule has 2 aromatic carbocycles. The summed E-state index contributed by atoms with van der Waals surface area (Å²) in [6.45, 7) is 7.76. The topological polar surface area (TPSA) is 49.3 Å². The molecule has 0 saturated heterocycles. The Kier molecular flexibility index (Phi) is 9.57. The minimum atomic E-state index is 0.562. The Hall–Kier alpha value is -2.47. The van der Waals surface area contributed by atoms with Crippen LogP contribution in [0.15, 0.2) is 52.1 Å². The summed E-state index contributed by atoms with van der Waals surface area (Å²) in [5, 5.41) is 3.75. The third-order valence-electron chi connectivity index (χ3n) is 4.07. The monoisotopic (exact) mass is 461 g/mol. The summed E-state index contributed by atoms with van der Waals surface area (Å²) in [6.07, 6.45) is 6.37. The lowest BCUT2D eigenvalue weighted by Crippen LogP contribution is -2.07.